The van der Waals surface area contributed by atoms with Crippen LogP contribution in [-0.4, -0.2) is 55.7 Å². The van der Waals surface area contributed by atoms with E-state index in [1.165, 1.54) is 0 Å². The minimum Gasteiger partial charge on any atom is -0.390 e. The van der Waals surface area contributed by atoms with Crippen molar-refractivity contribution in [1.82, 2.24) is 19.9 Å². The first-order valence-electron chi connectivity index (χ1n) is 11.5. The number of hydrogen-bond donors (Lipinski definition) is 3. The molecule has 0 aliphatic carbocycles. The molecule has 0 saturated heterocycles. The summed E-state index contributed by atoms with van der Waals surface area (Å²) in [6.45, 7) is 11.4. The molecule has 3 N–H and O–H groups in total. The summed E-state index contributed by atoms with van der Waals surface area (Å²) in [4.78, 5) is 18.9. The van der Waals surface area contributed by atoms with Gasteiger partial charge in [-0.05, 0) is 64.5 Å². The van der Waals surface area contributed by atoms with Crippen molar-refractivity contribution in [2.75, 3.05) is 35.7 Å². The van der Waals surface area contributed by atoms with Crippen molar-refractivity contribution in [2.45, 2.75) is 59.5 Å². The van der Waals surface area contributed by atoms with E-state index >= 15 is 0 Å². The molecule has 1 atom stereocenters. The highest BCUT2D eigenvalue weighted by molar-refractivity contribution is 7.98. The van der Waals surface area contributed by atoms with Crippen LogP contribution in [0.4, 0.5) is 11.8 Å². The van der Waals surface area contributed by atoms with E-state index < -0.39 is 5.60 Å². The summed E-state index contributed by atoms with van der Waals surface area (Å²) in [6, 6.07) is 2.00. The summed E-state index contributed by atoms with van der Waals surface area (Å²) < 4.78 is 1.11. The van der Waals surface area contributed by atoms with Gasteiger partial charge in [-0.2, -0.15) is 16.7 Å². The molecule has 0 unspecified atom stereocenters. The van der Waals surface area contributed by atoms with Gasteiger partial charge in [0.1, 0.15) is 16.3 Å². The molecule has 3 rings (SSSR count). The largest absolute Gasteiger partial charge is 0.390 e. The number of hydrogen-bond acceptors (Lipinski definition) is 9. The standard InChI is InChI=1S/C24H36N6OS2/c1-7-17(24(4,5)31)9-12-26-21-19(15(2)28-23(30-21)27-11-8-14-32-6)22-29-20-16(3)25-13-10-18(20)33-22/h10,13,17,31H,7-9,11-12,14H2,1-6H3,(H2,26,27,28,30)/t17-/m0/s1. The lowest BCUT2D eigenvalue weighted by molar-refractivity contribution is 0.0130. The molecule has 33 heavy (non-hydrogen) atoms. The minimum absolute atomic E-state index is 0.205. The van der Waals surface area contributed by atoms with Gasteiger partial charge in [-0.25, -0.2) is 9.97 Å². The Hall–Kier alpha value is -1.97. The van der Waals surface area contributed by atoms with Gasteiger partial charge in [-0.3, -0.25) is 4.98 Å². The Labute approximate surface area is 205 Å². The second kappa shape index (κ2) is 11.4. The summed E-state index contributed by atoms with van der Waals surface area (Å²) in [5, 5.41) is 18.3. The summed E-state index contributed by atoms with van der Waals surface area (Å²) in [7, 11) is 0. The number of aliphatic hydroxyl groups is 1. The Balaban J connectivity index is 1.92. The molecule has 0 aliphatic rings. The van der Waals surface area contributed by atoms with Crippen molar-refractivity contribution in [3.63, 3.8) is 0 Å². The van der Waals surface area contributed by atoms with Gasteiger partial charge in [0, 0.05) is 19.3 Å². The van der Waals surface area contributed by atoms with E-state index in [-0.39, 0.29) is 5.92 Å². The first-order valence-corrected chi connectivity index (χ1v) is 13.8. The van der Waals surface area contributed by atoms with Crippen LogP contribution in [0.3, 0.4) is 0 Å². The third-order valence-electron chi connectivity index (χ3n) is 5.88. The molecule has 9 heteroatoms. The second-order valence-electron chi connectivity index (χ2n) is 8.87. The van der Waals surface area contributed by atoms with Crippen molar-refractivity contribution in [3.05, 3.63) is 23.7 Å². The molecule has 0 saturated carbocycles. The number of nitrogens with one attached hydrogen (secondary N) is 2. The average Bonchev–Trinajstić information content (AvgIpc) is 3.18. The van der Waals surface area contributed by atoms with Gasteiger partial charge in [0.2, 0.25) is 5.95 Å². The third kappa shape index (κ3) is 6.55. The number of nitrogens with zero attached hydrogens (tertiary/aromatic N) is 4. The van der Waals surface area contributed by atoms with Gasteiger partial charge in [-0.15, -0.1) is 11.3 Å². The first kappa shape index (κ1) is 25.6. The van der Waals surface area contributed by atoms with Crippen LogP contribution in [0.2, 0.25) is 0 Å². The van der Waals surface area contributed by atoms with Crippen molar-refractivity contribution in [3.8, 4) is 10.6 Å². The normalized spacial score (nSPS) is 12.8. The number of thioether (sulfide) groups is 1. The number of aromatic nitrogens is 4. The molecule has 3 aromatic rings. The number of rotatable bonds is 12. The molecule has 3 heterocycles. The Kier molecular flexibility index (Phi) is 8.89. The van der Waals surface area contributed by atoms with Gasteiger partial charge < -0.3 is 15.7 Å². The van der Waals surface area contributed by atoms with E-state index in [4.69, 9.17) is 15.0 Å². The fourth-order valence-corrected chi connectivity index (χ4v) is 5.51. The Morgan fingerprint density at radius 1 is 1.12 bits per heavy atom. The fourth-order valence-electron chi connectivity index (χ4n) is 3.96. The van der Waals surface area contributed by atoms with E-state index in [0.29, 0.717) is 12.5 Å². The van der Waals surface area contributed by atoms with Gasteiger partial charge in [0.05, 0.1) is 27.3 Å². The predicted molar refractivity (Wildman–Crippen MR) is 143 cm³/mol. The Morgan fingerprint density at radius 2 is 1.91 bits per heavy atom. The lowest BCUT2D eigenvalue weighted by Gasteiger charge is -2.28. The van der Waals surface area contributed by atoms with E-state index in [1.807, 2.05) is 51.7 Å². The highest BCUT2D eigenvalue weighted by Crippen LogP contribution is 2.36. The minimum atomic E-state index is -0.706. The molecule has 0 bridgehead atoms. The van der Waals surface area contributed by atoms with Gasteiger partial charge in [0.15, 0.2) is 0 Å². The monoisotopic (exact) mass is 488 g/mol. The highest BCUT2D eigenvalue weighted by atomic mass is 32.2. The number of fused-ring (bicyclic) bond motifs is 1. The van der Waals surface area contributed by atoms with E-state index in [2.05, 4.69) is 28.8 Å². The molecular weight excluding hydrogens is 452 g/mol. The SMILES string of the molecule is CC[C@@H](CCNc1nc(NCCCSC)nc(C)c1-c1nc2c(C)nccc2s1)C(C)(C)O. The van der Waals surface area contributed by atoms with E-state index in [9.17, 15) is 5.11 Å². The molecule has 7 nitrogen and oxygen atoms in total. The molecule has 0 fully saturated rings. The zero-order chi connectivity index (χ0) is 24.0. The molecular formula is C24H36N6OS2. The molecule has 0 radical (unpaired) electrons. The topological polar surface area (TPSA) is 95.9 Å². The Bertz CT molecular complexity index is 1060. The Morgan fingerprint density at radius 3 is 2.58 bits per heavy atom. The molecule has 0 spiro atoms. The number of thiazole rings is 1. The first-order chi connectivity index (χ1) is 15.7. The smallest absolute Gasteiger partial charge is 0.224 e. The lowest BCUT2D eigenvalue weighted by atomic mass is 9.86. The number of aryl methyl sites for hydroxylation is 2. The van der Waals surface area contributed by atoms with E-state index in [1.54, 1.807) is 11.3 Å². The summed E-state index contributed by atoms with van der Waals surface area (Å²) in [6.07, 6.45) is 6.77. The maximum Gasteiger partial charge on any atom is 0.224 e. The zero-order valence-electron chi connectivity index (χ0n) is 20.5. The summed E-state index contributed by atoms with van der Waals surface area (Å²) >= 11 is 3.48. The molecule has 0 aliphatic heterocycles. The molecule has 3 aromatic heterocycles. The van der Waals surface area contributed by atoms with Crippen LogP contribution in [-0.2, 0) is 0 Å². The van der Waals surface area contributed by atoms with Crippen LogP contribution in [0, 0.1) is 19.8 Å². The van der Waals surface area contributed by atoms with Crippen molar-refractivity contribution < 1.29 is 5.11 Å². The van der Waals surface area contributed by atoms with Gasteiger partial charge in [0.25, 0.3) is 0 Å². The van der Waals surface area contributed by atoms with Gasteiger partial charge in [-0.1, -0.05) is 13.3 Å². The maximum atomic E-state index is 10.5. The van der Waals surface area contributed by atoms with Crippen molar-refractivity contribution >= 4 is 45.1 Å². The van der Waals surface area contributed by atoms with Crippen LogP contribution >= 0.6 is 23.1 Å². The molecule has 0 aromatic carbocycles. The maximum absolute atomic E-state index is 10.5. The number of anilines is 2. The molecule has 0 amide bonds. The quantitative estimate of drug-likeness (QED) is 0.286. The van der Waals surface area contributed by atoms with E-state index in [0.717, 1.165) is 69.6 Å². The van der Waals surface area contributed by atoms with Crippen LogP contribution in [0.25, 0.3) is 20.8 Å². The van der Waals surface area contributed by atoms with Crippen LogP contribution in [0.1, 0.15) is 51.4 Å². The summed E-state index contributed by atoms with van der Waals surface area (Å²) in [5.41, 5.74) is 2.96. The zero-order valence-corrected chi connectivity index (χ0v) is 22.2. The number of pyridine rings is 1. The highest BCUT2D eigenvalue weighted by Gasteiger charge is 2.25. The van der Waals surface area contributed by atoms with Crippen LogP contribution < -0.4 is 10.6 Å². The lowest BCUT2D eigenvalue weighted by Crippen LogP contribution is -2.31. The van der Waals surface area contributed by atoms with Gasteiger partial charge >= 0.3 is 0 Å². The fraction of sp³-hybridized carbons (Fsp3) is 0.583. The molecule has 180 valence electrons. The van der Waals surface area contributed by atoms with Crippen LogP contribution in [0.5, 0.6) is 0 Å². The third-order valence-corrected chi connectivity index (χ3v) is 7.61. The van der Waals surface area contributed by atoms with Crippen molar-refractivity contribution in [2.24, 2.45) is 5.92 Å². The van der Waals surface area contributed by atoms with Crippen molar-refractivity contribution in [1.29, 1.82) is 0 Å². The predicted octanol–water partition coefficient (Wildman–Crippen LogP) is 5.53. The second-order valence-corrected chi connectivity index (χ2v) is 10.9. The van der Waals surface area contributed by atoms with Crippen LogP contribution in [0.15, 0.2) is 12.3 Å². The average molecular weight is 489 g/mol. The summed E-state index contributed by atoms with van der Waals surface area (Å²) in [5.74, 6) is 2.72.